The summed E-state index contributed by atoms with van der Waals surface area (Å²) in [5.74, 6) is 0.715. The molecule has 1 unspecified atom stereocenters. The van der Waals surface area contributed by atoms with E-state index in [-0.39, 0.29) is 11.8 Å². The van der Waals surface area contributed by atoms with Crippen LogP contribution in [0, 0.1) is 0 Å². The molecule has 25 heavy (non-hydrogen) atoms. The van der Waals surface area contributed by atoms with Gasteiger partial charge in [-0.25, -0.2) is 0 Å². The fourth-order valence-corrected chi connectivity index (χ4v) is 3.17. The summed E-state index contributed by atoms with van der Waals surface area (Å²) in [6.07, 6.45) is 2.04. The fraction of sp³-hybridized carbons (Fsp3) is 0.400. The molecule has 0 aliphatic carbocycles. The number of ether oxygens (including phenoxy) is 2. The van der Waals surface area contributed by atoms with Crippen LogP contribution in [0.1, 0.15) is 25.0 Å². The molecule has 0 bridgehead atoms. The topological polar surface area (TPSA) is 41.9 Å². The van der Waals surface area contributed by atoms with Gasteiger partial charge in [0.25, 0.3) is 0 Å². The van der Waals surface area contributed by atoms with E-state index in [1.165, 1.54) is 4.91 Å². The largest absolute Gasteiger partial charge is 0.508 e. The van der Waals surface area contributed by atoms with E-state index in [4.69, 9.17) is 9.47 Å². The van der Waals surface area contributed by atoms with Gasteiger partial charge in [0.1, 0.15) is 18.1 Å². The number of aliphatic hydroxyl groups excluding tert-OH is 1. The summed E-state index contributed by atoms with van der Waals surface area (Å²) in [4.78, 5) is 4.31. The van der Waals surface area contributed by atoms with E-state index in [9.17, 15) is 5.11 Å². The van der Waals surface area contributed by atoms with Crippen molar-refractivity contribution in [2.24, 2.45) is 0 Å². The fourth-order valence-electron chi connectivity index (χ4n) is 2.43. The van der Waals surface area contributed by atoms with Crippen LogP contribution in [0.2, 0.25) is 0 Å². The second-order valence-corrected chi connectivity index (χ2v) is 7.48. The molecule has 0 spiro atoms. The summed E-state index contributed by atoms with van der Waals surface area (Å²) >= 11 is 1.60. The molecule has 136 valence electrons. The van der Waals surface area contributed by atoms with Crippen LogP contribution in [0.25, 0.3) is 10.7 Å². The van der Waals surface area contributed by atoms with E-state index in [2.05, 4.69) is 25.1 Å². The Balaban J connectivity index is 2.16. The number of hydrogen-bond acceptors (Lipinski definition) is 5. The molecular formula is C20H27NO3S. The number of aliphatic hydroxyl groups is 1. The van der Waals surface area contributed by atoms with Crippen molar-refractivity contribution >= 4 is 22.4 Å². The Morgan fingerprint density at radius 3 is 2.76 bits per heavy atom. The van der Waals surface area contributed by atoms with E-state index < -0.39 is 0 Å². The van der Waals surface area contributed by atoms with Gasteiger partial charge < -0.3 is 14.6 Å². The van der Waals surface area contributed by atoms with Crippen LogP contribution in [-0.4, -0.2) is 49.5 Å². The Hall–Kier alpha value is -1.69. The number of thioether (sulfide) groups is 1. The third kappa shape index (κ3) is 5.66. The minimum atomic E-state index is 0.0189. The maximum atomic E-state index is 9.82. The standard InChI is InChI=1S/C20H27NO3S/c1-6-14(2)25-16(4)18-9-17(15(3)22)10-20(11-18)24-13-19-12-23-8-7-21(19)5/h6,9-11,19,22H,3-4,7-8,12-13H2,1-2,5H3/b14-6-. The summed E-state index contributed by atoms with van der Waals surface area (Å²) in [7, 11) is 2.08. The van der Waals surface area contributed by atoms with Gasteiger partial charge in [-0.3, -0.25) is 4.90 Å². The smallest absolute Gasteiger partial charge is 0.120 e. The van der Waals surface area contributed by atoms with Gasteiger partial charge >= 0.3 is 0 Å². The van der Waals surface area contributed by atoms with Gasteiger partial charge in [0.2, 0.25) is 0 Å². The average Bonchev–Trinajstić information content (AvgIpc) is 2.60. The van der Waals surface area contributed by atoms with Crippen LogP contribution in [0.4, 0.5) is 0 Å². The maximum Gasteiger partial charge on any atom is 0.120 e. The predicted molar refractivity (Wildman–Crippen MR) is 107 cm³/mol. The van der Waals surface area contributed by atoms with Crippen molar-refractivity contribution in [1.29, 1.82) is 0 Å². The maximum absolute atomic E-state index is 9.82. The Kier molecular flexibility index (Phi) is 7.17. The molecule has 5 heteroatoms. The van der Waals surface area contributed by atoms with Gasteiger partial charge in [-0.15, -0.1) is 0 Å². The lowest BCUT2D eigenvalue weighted by Crippen LogP contribution is -2.46. The highest BCUT2D eigenvalue weighted by Gasteiger charge is 2.20. The van der Waals surface area contributed by atoms with Crippen LogP contribution in [0.3, 0.4) is 0 Å². The molecule has 4 nitrogen and oxygen atoms in total. The van der Waals surface area contributed by atoms with Gasteiger partial charge in [-0.2, -0.15) is 0 Å². The minimum Gasteiger partial charge on any atom is -0.508 e. The summed E-state index contributed by atoms with van der Waals surface area (Å²) in [6, 6.07) is 5.86. The monoisotopic (exact) mass is 361 g/mol. The molecule has 0 aromatic heterocycles. The number of likely N-dealkylation sites (N-methyl/N-ethyl adjacent to an activating group) is 1. The summed E-state index contributed by atoms with van der Waals surface area (Å²) in [5.41, 5.74) is 1.56. The lowest BCUT2D eigenvalue weighted by molar-refractivity contribution is -0.0108. The van der Waals surface area contributed by atoms with E-state index >= 15 is 0 Å². The normalized spacial score (nSPS) is 18.8. The van der Waals surface area contributed by atoms with E-state index in [1.807, 2.05) is 32.1 Å². The highest BCUT2D eigenvalue weighted by Crippen LogP contribution is 2.34. The molecule has 2 rings (SSSR count). The van der Waals surface area contributed by atoms with Crippen LogP contribution < -0.4 is 4.74 Å². The average molecular weight is 362 g/mol. The van der Waals surface area contributed by atoms with Crippen LogP contribution >= 0.6 is 11.8 Å². The zero-order chi connectivity index (χ0) is 18.4. The molecular weight excluding hydrogens is 334 g/mol. The molecule has 1 aliphatic heterocycles. The van der Waals surface area contributed by atoms with Gasteiger partial charge in [-0.05, 0) is 49.6 Å². The number of benzene rings is 1. The molecule has 1 fully saturated rings. The molecule has 1 saturated heterocycles. The first-order valence-corrected chi connectivity index (χ1v) is 9.16. The van der Waals surface area contributed by atoms with E-state index in [0.29, 0.717) is 24.5 Å². The van der Waals surface area contributed by atoms with Gasteiger partial charge in [-0.1, -0.05) is 31.0 Å². The van der Waals surface area contributed by atoms with E-state index in [1.54, 1.807) is 17.8 Å². The number of allylic oxidation sites excluding steroid dienone is 2. The summed E-state index contributed by atoms with van der Waals surface area (Å²) in [5, 5.41) is 9.82. The van der Waals surface area contributed by atoms with Crippen LogP contribution in [-0.2, 0) is 4.74 Å². The zero-order valence-corrected chi connectivity index (χ0v) is 16.1. The second kappa shape index (κ2) is 9.13. The third-order valence-corrected chi connectivity index (χ3v) is 5.26. The Labute approximate surface area is 154 Å². The molecule has 0 saturated carbocycles. The SMILES string of the molecule is C=C(O)c1cc(OCC2COCCN2C)cc(C(=C)S/C(C)=C\C)c1. The first kappa shape index (κ1) is 19.6. The van der Waals surface area contributed by atoms with Crippen molar-refractivity contribution < 1.29 is 14.6 Å². The Bertz CT molecular complexity index is 669. The van der Waals surface area contributed by atoms with Crippen molar-refractivity contribution in [2.45, 2.75) is 19.9 Å². The first-order valence-electron chi connectivity index (χ1n) is 8.35. The number of rotatable bonds is 7. The van der Waals surface area contributed by atoms with Crippen molar-refractivity contribution in [3.05, 3.63) is 53.5 Å². The Morgan fingerprint density at radius 1 is 1.40 bits per heavy atom. The molecule has 1 atom stereocenters. The molecule has 1 aliphatic rings. The lowest BCUT2D eigenvalue weighted by Gasteiger charge is -2.32. The van der Waals surface area contributed by atoms with Crippen molar-refractivity contribution in [2.75, 3.05) is 33.4 Å². The second-order valence-electron chi connectivity index (χ2n) is 6.14. The third-order valence-electron chi connectivity index (χ3n) is 4.22. The van der Waals surface area contributed by atoms with Gasteiger partial charge in [0.15, 0.2) is 0 Å². The Morgan fingerprint density at radius 2 is 2.12 bits per heavy atom. The molecule has 0 radical (unpaired) electrons. The lowest BCUT2D eigenvalue weighted by atomic mass is 10.1. The summed E-state index contributed by atoms with van der Waals surface area (Å²) < 4.78 is 11.5. The number of morpholine rings is 1. The van der Waals surface area contributed by atoms with Crippen molar-refractivity contribution in [3.63, 3.8) is 0 Å². The molecule has 1 aromatic rings. The number of hydrogen-bond donors (Lipinski definition) is 1. The van der Waals surface area contributed by atoms with Gasteiger partial charge in [0, 0.05) is 17.0 Å². The van der Waals surface area contributed by atoms with Crippen molar-refractivity contribution in [3.8, 4) is 5.75 Å². The molecule has 0 amide bonds. The molecule has 1 heterocycles. The van der Waals surface area contributed by atoms with Gasteiger partial charge in [0.05, 0.1) is 19.3 Å². The highest BCUT2D eigenvalue weighted by molar-refractivity contribution is 8.11. The predicted octanol–water partition coefficient (Wildman–Crippen LogP) is 4.55. The number of nitrogens with zero attached hydrogens (tertiary/aromatic N) is 1. The van der Waals surface area contributed by atoms with Crippen molar-refractivity contribution in [1.82, 2.24) is 4.90 Å². The van der Waals surface area contributed by atoms with E-state index in [0.717, 1.165) is 23.6 Å². The first-order chi connectivity index (χ1) is 11.9. The zero-order valence-electron chi connectivity index (χ0n) is 15.2. The molecule has 1 N–H and O–H groups in total. The quantitative estimate of drug-likeness (QED) is 0.722. The van der Waals surface area contributed by atoms with Crippen LogP contribution in [0.5, 0.6) is 5.75 Å². The minimum absolute atomic E-state index is 0.0189. The summed E-state index contributed by atoms with van der Waals surface area (Å²) in [6.45, 7) is 14.7. The highest BCUT2D eigenvalue weighted by atomic mass is 32.2. The van der Waals surface area contributed by atoms with Crippen LogP contribution in [0.15, 0.2) is 42.3 Å². The molecule has 1 aromatic carbocycles.